The second-order valence-corrected chi connectivity index (χ2v) is 1.48. The summed E-state index contributed by atoms with van der Waals surface area (Å²) in [7, 11) is 0. The summed E-state index contributed by atoms with van der Waals surface area (Å²) in [6.07, 6.45) is 1.00. The topological polar surface area (TPSA) is 50.1 Å². The molecule has 0 aliphatic rings. The SMILES string of the molecule is CCOC(=O)C[NH-].[CH2-]CC.[Y]. The second-order valence-electron chi connectivity index (χ2n) is 1.48. The van der Waals surface area contributed by atoms with Gasteiger partial charge in [-0.05, 0) is 13.5 Å². The van der Waals surface area contributed by atoms with Gasteiger partial charge in [0.2, 0.25) is 0 Å². The van der Waals surface area contributed by atoms with Gasteiger partial charge in [-0.2, -0.15) is 6.42 Å². The van der Waals surface area contributed by atoms with Crippen molar-refractivity contribution in [3.8, 4) is 0 Å². The van der Waals surface area contributed by atoms with Gasteiger partial charge in [0.1, 0.15) is 0 Å². The zero-order valence-electron chi connectivity index (χ0n) is 7.22. The van der Waals surface area contributed by atoms with Gasteiger partial charge in [0.05, 0.1) is 6.61 Å². The Morgan fingerprint density at radius 1 is 1.55 bits per heavy atom. The maximum Gasteiger partial charge on any atom is 0.284 e. The molecule has 0 saturated heterocycles. The molecule has 0 amide bonds. The summed E-state index contributed by atoms with van der Waals surface area (Å²) in [5.74, 6) is -0.456. The van der Waals surface area contributed by atoms with E-state index in [4.69, 9.17) is 5.73 Å². The van der Waals surface area contributed by atoms with Crippen LogP contribution in [0.15, 0.2) is 0 Å². The Morgan fingerprint density at radius 3 is 2.00 bits per heavy atom. The maximum atomic E-state index is 10.0. The average molecular weight is 234 g/mol. The van der Waals surface area contributed by atoms with Crippen LogP contribution >= 0.6 is 0 Å². The number of carbonyl (C=O) groups excluding carboxylic acids is 1. The van der Waals surface area contributed by atoms with Crippen LogP contribution in [0.25, 0.3) is 5.73 Å². The van der Waals surface area contributed by atoms with Crippen LogP contribution in [0.5, 0.6) is 0 Å². The van der Waals surface area contributed by atoms with Gasteiger partial charge in [-0.3, -0.25) is 4.79 Å². The third-order valence-corrected chi connectivity index (χ3v) is 0.450. The van der Waals surface area contributed by atoms with Crippen LogP contribution in [0.2, 0.25) is 0 Å². The molecule has 0 aromatic heterocycles. The minimum absolute atomic E-state index is 0. The van der Waals surface area contributed by atoms with E-state index in [1.54, 1.807) is 6.92 Å². The molecule has 0 rings (SSSR count). The molecule has 0 bridgehead atoms. The van der Waals surface area contributed by atoms with E-state index in [0.717, 1.165) is 6.42 Å². The van der Waals surface area contributed by atoms with Gasteiger partial charge < -0.3 is 17.4 Å². The van der Waals surface area contributed by atoms with Crippen molar-refractivity contribution in [3.05, 3.63) is 12.7 Å². The molecule has 0 aromatic rings. The largest absolute Gasteiger partial charge is 0.668 e. The van der Waals surface area contributed by atoms with Crippen LogP contribution in [0.1, 0.15) is 20.3 Å². The normalized spacial score (nSPS) is 6.91. The Bertz CT molecular complexity index is 78.8. The monoisotopic (exact) mass is 234 g/mol. The molecular weight excluding hydrogens is 219 g/mol. The van der Waals surface area contributed by atoms with Gasteiger partial charge in [-0.1, -0.05) is 6.92 Å². The standard InChI is InChI=1S/C4H8NO2.C3H7.Y/c1-2-7-4(6)3-5;1-3-2;/h5H,2-3H2,1H3;1,3H2,2H3;/q2*-1;. The Balaban J connectivity index is -0.000000140. The van der Waals surface area contributed by atoms with Crippen molar-refractivity contribution in [2.45, 2.75) is 20.3 Å². The number of hydrogen-bond acceptors (Lipinski definition) is 2. The minimum atomic E-state index is -0.456. The zero-order chi connectivity index (χ0) is 8.41. The van der Waals surface area contributed by atoms with Gasteiger partial charge in [0, 0.05) is 32.7 Å². The van der Waals surface area contributed by atoms with Gasteiger partial charge in [0.25, 0.3) is 5.97 Å². The number of esters is 1. The number of ether oxygens (including phenoxy) is 1. The molecule has 1 N–H and O–H groups in total. The summed E-state index contributed by atoms with van der Waals surface area (Å²) in [6.45, 7) is 7.32. The van der Waals surface area contributed by atoms with E-state index in [0.29, 0.717) is 6.61 Å². The van der Waals surface area contributed by atoms with Crippen LogP contribution in [0, 0.1) is 6.92 Å². The van der Waals surface area contributed by atoms with Crippen molar-refractivity contribution in [1.29, 1.82) is 0 Å². The Labute approximate surface area is 93.9 Å². The second kappa shape index (κ2) is 16.9. The van der Waals surface area contributed by atoms with Crippen LogP contribution in [-0.4, -0.2) is 19.1 Å². The number of carbonyl (C=O) groups is 1. The van der Waals surface area contributed by atoms with Crippen LogP contribution < -0.4 is 0 Å². The molecule has 0 spiro atoms. The van der Waals surface area contributed by atoms with Crippen molar-refractivity contribution in [3.63, 3.8) is 0 Å². The fourth-order valence-electron chi connectivity index (χ4n) is 0.212. The summed E-state index contributed by atoms with van der Waals surface area (Å²) in [5, 5.41) is 0. The molecular formula is C7H15NO2Y-2. The van der Waals surface area contributed by atoms with Crippen molar-refractivity contribution >= 4 is 5.97 Å². The van der Waals surface area contributed by atoms with E-state index >= 15 is 0 Å². The first-order chi connectivity index (χ1) is 4.72. The zero-order valence-corrected chi connectivity index (χ0v) is 10.1. The van der Waals surface area contributed by atoms with E-state index < -0.39 is 5.97 Å². The Kier molecular flexibility index (Phi) is 26.9. The van der Waals surface area contributed by atoms with Crippen LogP contribution in [0.3, 0.4) is 0 Å². The molecule has 0 aromatic carbocycles. The number of hydrogen-bond donors (Lipinski definition) is 0. The third kappa shape index (κ3) is 25.1. The molecule has 0 heterocycles. The first kappa shape index (κ1) is 17.6. The van der Waals surface area contributed by atoms with Crippen molar-refractivity contribution in [1.82, 2.24) is 0 Å². The molecule has 0 atom stereocenters. The molecule has 65 valence electrons. The van der Waals surface area contributed by atoms with Gasteiger partial charge in [-0.15, -0.1) is 0 Å². The van der Waals surface area contributed by atoms with E-state index in [-0.39, 0.29) is 39.3 Å². The molecule has 3 nitrogen and oxygen atoms in total. The Morgan fingerprint density at radius 2 is 1.91 bits per heavy atom. The summed E-state index contributed by atoms with van der Waals surface area (Å²) in [4.78, 5) is 10.0. The van der Waals surface area contributed by atoms with Crippen molar-refractivity contribution in [2.24, 2.45) is 0 Å². The van der Waals surface area contributed by atoms with Crippen molar-refractivity contribution < 1.29 is 42.2 Å². The molecule has 0 unspecified atom stereocenters. The predicted octanol–water partition coefficient (Wildman–Crippen LogP) is 1.83. The predicted molar refractivity (Wildman–Crippen MR) is 41.5 cm³/mol. The summed E-state index contributed by atoms with van der Waals surface area (Å²) < 4.78 is 4.36. The number of rotatable bonds is 2. The van der Waals surface area contributed by atoms with Gasteiger partial charge in [-0.25, -0.2) is 0 Å². The van der Waals surface area contributed by atoms with Gasteiger partial charge in [0.15, 0.2) is 0 Å². The summed E-state index contributed by atoms with van der Waals surface area (Å²) >= 11 is 0. The Hall–Kier alpha value is 0.534. The summed E-state index contributed by atoms with van der Waals surface area (Å²) in [6, 6.07) is 0. The molecule has 0 fully saturated rings. The van der Waals surface area contributed by atoms with E-state index in [1.165, 1.54) is 0 Å². The van der Waals surface area contributed by atoms with E-state index in [1.807, 2.05) is 6.92 Å². The van der Waals surface area contributed by atoms with Crippen LogP contribution in [-0.2, 0) is 42.2 Å². The van der Waals surface area contributed by atoms with E-state index in [2.05, 4.69) is 11.7 Å². The van der Waals surface area contributed by atoms with E-state index in [9.17, 15) is 4.79 Å². The smallest absolute Gasteiger partial charge is 0.284 e. The quantitative estimate of drug-likeness (QED) is 0.540. The summed E-state index contributed by atoms with van der Waals surface area (Å²) in [5.41, 5.74) is 6.44. The average Bonchev–Trinajstić information content (AvgIpc) is 1.90. The fraction of sp³-hybridized carbons (Fsp3) is 0.714. The molecule has 0 aliphatic carbocycles. The van der Waals surface area contributed by atoms with Crippen LogP contribution in [0.4, 0.5) is 0 Å². The van der Waals surface area contributed by atoms with Gasteiger partial charge >= 0.3 is 0 Å². The molecule has 11 heavy (non-hydrogen) atoms. The first-order valence-corrected chi connectivity index (χ1v) is 3.32. The third-order valence-electron chi connectivity index (χ3n) is 0.450. The first-order valence-electron chi connectivity index (χ1n) is 3.32. The van der Waals surface area contributed by atoms with Crippen molar-refractivity contribution in [2.75, 3.05) is 13.2 Å². The molecule has 4 heteroatoms. The number of nitrogens with one attached hydrogen (secondary N) is 1. The molecule has 1 radical (unpaired) electrons. The minimum Gasteiger partial charge on any atom is -0.668 e. The fourth-order valence-corrected chi connectivity index (χ4v) is 0.212. The maximum absolute atomic E-state index is 10.0. The molecule has 0 aliphatic heterocycles. The molecule has 0 saturated carbocycles.